The molecule has 0 aliphatic heterocycles. The van der Waals surface area contributed by atoms with Crippen LogP contribution < -0.4 is 15.4 Å². The summed E-state index contributed by atoms with van der Waals surface area (Å²) >= 11 is 5.85. The first kappa shape index (κ1) is 18.8. The maximum absolute atomic E-state index is 12.0. The number of hydrogen-bond donors (Lipinski definition) is 2. The predicted molar refractivity (Wildman–Crippen MR) is 98.0 cm³/mol. The highest BCUT2D eigenvalue weighted by Crippen LogP contribution is 2.17. The summed E-state index contributed by atoms with van der Waals surface area (Å²) in [5, 5.41) is 5.90. The van der Waals surface area contributed by atoms with E-state index in [9.17, 15) is 9.59 Å². The molecule has 2 aromatic rings. The first-order chi connectivity index (χ1) is 12.0. The molecule has 0 bridgehead atoms. The molecule has 0 spiro atoms. The van der Waals surface area contributed by atoms with Gasteiger partial charge in [0.1, 0.15) is 5.75 Å². The highest BCUT2D eigenvalue weighted by Gasteiger charge is 2.12. The third-order valence-corrected chi connectivity index (χ3v) is 3.80. The molecular weight excluding hydrogens is 340 g/mol. The van der Waals surface area contributed by atoms with Crippen LogP contribution in [0.1, 0.15) is 35.8 Å². The van der Waals surface area contributed by atoms with Crippen LogP contribution in [0.4, 0.5) is 0 Å². The quantitative estimate of drug-likeness (QED) is 0.795. The van der Waals surface area contributed by atoms with Crippen LogP contribution in [0.2, 0.25) is 5.02 Å². The van der Waals surface area contributed by atoms with E-state index in [0.717, 1.165) is 11.3 Å². The molecular formula is C19H21ClN2O3. The fourth-order valence-corrected chi connectivity index (χ4v) is 2.48. The molecule has 0 saturated carbocycles. The first-order valence-electron chi connectivity index (χ1n) is 8.05. The van der Waals surface area contributed by atoms with Crippen molar-refractivity contribution >= 4 is 23.4 Å². The fraction of sp³-hybridized carbons (Fsp3) is 0.263. The van der Waals surface area contributed by atoms with Crippen LogP contribution in [0.15, 0.2) is 48.5 Å². The largest absolute Gasteiger partial charge is 0.494 e. The number of rotatable bonds is 7. The molecule has 0 aliphatic rings. The number of benzene rings is 2. The number of halogens is 1. The fourth-order valence-electron chi connectivity index (χ4n) is 2.29. The van der Waals surface area contributed by atoms with Crippen LogP contribution in [-0.2, 0) is 4.79 Å². The summed E-state index contributed by atoms with van der Waals surface area (Å²) in [7, 11) is 0. The smallest absolute Gasteiger partial charge is 0.251 e. The van der Waals surface area contributed by atoms with Crippen LogP contribution in [0.5, 0.6) is 5.75 Å². The second-order valence-corrected chi connectivity index (χ2v) is 5.92. The highest BCUT2D eigenvalue weighted by molar-refractivity contribution is 6.30. The molecule has 25 heavy (non-hydrogen) atoms. The van der Waals surface area contributed by atoms with Gasteiger partial charge in [-0.25, -0.2) is 0 Å². The summed E-state index contributed by atoms with van der Waals surface area (Å²) in [5.74, 6) is 0.182. The topological polar surface area (TPSA) is 67.4 Å². The summed E-state index contributed by atoms with van der Waals surface area (Å²) in [6.07, 6.45) is 0. The van der Waals surface area contributed by atoms with E-state index in [0.29, 0.717) is 17.2 Å². The summed E-state index contributed by atoms with van der Waals surface area (Å²) in [4.78, 5) is 24.0. The zero-order valence-corrected chi connectivity index (χ0v) is 15.0. The van der Waals surface area contributed by atoms with Crippen molar-refractivity contribution in [3.63, 3.8) is 0 Å². The lowest BCUT2D eigenvalue weighted by Crippen LogP contribution is -2.38. The maximum Gasteiger partial charge on any atom is 0.251 e. The van der Waals surface area contributed by atoms with Crippen molar-refractivity contribution in [2.75, 3.05) is 13.2 Å². The third kappa shape index (κ3) is 5.80. The van der Waals surface area contributed by atoms with Gasteiger partial charge in [-0.3, -0.25) is 9.59 Å². The van der Waals surface area contributed by atoms with E-state index >= 15 is 0 Å². The molecule has 2 amide bonds. The van der Waals surface area contributed by atoms with Gasteiger partial charge in [0.2, 0.25) is 5.91 Å². The van der Waals surface area contributed by atoms with Gasteiger partial charge in [0.25, 0.3) is 5.91 Å². The minimum atomic E-state index is -0.341. The standard InChI is InChI=1S/C19H21ClN2O3/c1-3-25-17-9-7-14(8-10-17)13(2)22-18(23)12-21-19(24)15-5-4-6-16(20)11-15/h4-11,13H,3,12H2,1-2H3,(H,21,24)(H,22,23). The number of carbonyl (C=O) groups is 2. The Kier molecular flexibility index (Phi) is 6.83. The molecule has 0 aromatic heterocycles. The van der Waals surface area contributed by atoms with Gasteiger partial charge < -0.3 is 15.4 Å². The number of ether oxygens (including phenoxy) is 1. The van der Waals surface area contributed by atoms with Crippen LogP contribution in [0, 0.1) is 0 Å². The van der Waals surface area contributed by atoms with Gasteiger partial charge in [-0.1, -0.05) is 29.8 Å². The summed E-state index contributed by atoms with van der Waals surface area (Å²) in [6, 6.07) is 13.9. The molecule has 0 radical (unpaired) electrons. The Labute approximate surface area is 152 Å². The zero-order chi connectivity index (χ0) is 18.2. The van der Waals surface area contributed by atoms with Crippen molar-refractivity contribution in [3.8, 4) is 5.75 Å². The van der Waals surface area contributed by atoms with Gasteiger partial charge in [-0.15, -0.1) is 0 Å². The second kappa shape index (κ2) is 9.08. The Balaban J connectivity index is 1.83. The van der Waals surface area contributed by atoms with Crippen molar-refractivity contribution < 1.29 is 14.3 Å². The monoisotopic (exact) mass is 360 g/mol. The Hall–Kier alpha value is -2.53. The molecule has 1 atom stereocenters. The minimum absolute atomic E-state index is 0.104. The average molecular weight is 361 g/mol. The van der Waals surface area contributed by atoms with Gasteiger partial charge in [0, 0.05) is 10.6 Å². The average Bonchev–Trinajstić information content (AvgIpc) is 2.60. The van der Waals surface area contributed by atoms with Crippen LogP contribution in [-0.4, -0.2) is 25.0 Å². The molecule has 0 saturated heterocycles. The van der Waals surface area contributed by atoms with E-state index in [-0.39, 0.29) is 24.4 Å². The molecule has 0 heterocycles. The van der Waals surface area contributed by atoms with Crippen LogP contribution in [0.3, 0.4) is 0 Å². The van der Waals surface area contributed by atoms with E-state index < -0.39 is 0 Å². The SMILES string of the molecule is CCOc1ccc(C(C)NC(=O)CNC(=O)c2cccc(Cl)c2)cc1. The molecule has 6 heteroatoms. The summed E-state index contributed by atoms with van der Waals surface area (Å²) in [6.45, 7) is 4.31. The Bertz CT molecular complexity index is 732. The van der Waals surface area contributed by atoms with E-state index in [4.69, 9.17) is 16.3 Å². The minimum Gasteiger partial charge on any atom is -0.494 e. The maximum atomic E-state index is 12.0. The van der Waals surface area contributed by atoms with Gasteiger partial charge in [0.05, 0.1) is 19.2 Å². The third-order valence-electron chi connectivity index (χ3n) is 3.56. The number of carbonyl (C=O) groups excluding carboxylic acids is 2. The van der Waals surface area contributed by atoms with E-state index in [1.165, 1.54) is 0 Å². The number of hydrogen-bond acceptors (Lipinski definition) is 3. The van der Waals surface area contributed by atoms with Crippen molar-refractivity contribution in [3.05, 3.63) is 64.7 Å². The van der Waals surface area contributed by atoms with E-state index in [2.05, 4.69) is 10.6 Å². The Morgan fingerprint density at radius 3 is 2.52 bits per heavy atom. The summed E-state index contributed by atoms with van der Waals surface area (Å²) < 4.78 is 5.39. The lowest BCUT2D eigenvalue weighted by atomic mass is 10.1. The normalized spacial score (nSPS) is 11.5. The molecule has 0 fully saturated rings. The molecule has 1 unspecified atom stereocenters. The highest BCUT2D eigenvalue weighted by atomic mass is 35.5. The number of amides is 2. The molecule has 132 valence electrons. The lowest BCUT2D eigenvalue weighted by molar-refractivity contribution is -0.120. The summed E-state index contributed by atoms with van der Waals surface area (Å²) in [5.41, 5.74) is 1.37. The van der Waals surface area contributed by atoms with Gasteiger partial charge in [-0.2, -0.15) is 0 Å². The van der Waals surface area contributed by atoms with Crippen LogP contribution in [0.25, 0.3) is 0 Å². The Morgan fingerprint density at radius 1 is 1.16 bits per heavy atom. The van der Waals surface area contributed by atoms with Crippen molar-refractivity contribution in [2.45, 2.75) is 19.9 Å². The van der Waals surface area contributed by atoms with Gasteiger partial charge >= 0.3 is 0 Å². The van der Waals surface area contributed by atoms with Crippen LogP contribution >= 0.6 is 11.6 Å². The molecule has 2 N–H and O–H groups in total. The first-order valence-corrected chi connectivity index (χ1v) is 8.43. The van der Waals surface area contributed by atoms with E-state index in [1.807, 2.05) is 38.1 Å². The van der Waals surface area contributed by atoms with Crippen molar-refractivity contribution in [1.29, 1.82) is 0 Å². The lowest BCUT2D eigenvalue weighted by Gasteiger charge is -2.15. The Morgan fingerprint density at radius 2 is 1.88 bits per heavy atom. The van der Waals surface area contributed by atoms with Crippen molar-refractivity contribution in [2.24, 2.45) is 0 Å². The molecule has 5 nitrogen and oxygen atoms in total. The number of nitrogens with one attached hydrogen (secondary N) is 2. The van der Waals surface area contributed by atoms with Gasteiger partial charge in [-0.05, 0) is 49.7 Å². The molecule has 2 aromatic carbocycles. The second-order valence-electron chi connectivity index (χ2n) is 5.48. The molecule has 0 aliphatic carbocycles. The predicted octanol–water partition coefficient (Wildman–Crippen LogP) is 3.35. The zero-order valence-electron chi connectivity index (χ0n) is 14.2. The molecule has 2 rings (SSSR count). The van der Waals surface area contributed by atoms with Gasteiger partial charge in [0.15, 0.2) is 0 Å². The van der Waals surface area contributed by atoms with E-state index in [1.54, 1.807) is 24.3 Å². The van der Waals surface area contributed by atoms with Crippen molar-refractivity contribution in [1.82, 2.24) is 10.6 Å².